The summed E-state index contributed by atoms with van der Waals surface area (Å²) in [5, 5.41) is 0. The third-order valence-electron chi connectivity index (χ3n) is 11.4. The summed E-state index contributed by atoms with van der Waals surface area (Å²) in [5.41, 5.74) is 18.3. The van der Waals surface area contributed by atoms with E-state index in [1.54, 1.807) is 6.55 Å². The molecule has 6 rings (SSSR count). The average Bonchev–Trinajstić information content (AvgIpc) is 3.79. The molecule has 0 aliphatic heterocycles. The number of hydrogen-bond acceptors (Lipinski definition) is 0. The van der Waals surface area contributed by atoms with Gasteiger partial charge in [-0.3, -0.25) is 0 Å². The third kappa shape index (κ3) is 8.76. The van der Waals surface area contributed by atoms with Crippen LogP contribution in [0.25, 0.3) is 11.1 Å². The molecule has 0 unspecified atom stereocenters. The second kappa shape index (κ2) is 16.4. The summed E-state index contributed by atoms with van der Waals surface area (Å²) in [6.07, 6.45) is 8.99. The summed E-state index contributed by atoms with van der Waals surface area (Å²) in [7, 11) is 0. The summed E-state index contributed by atoms with van der Waals surface area (Å²) in [6.45, 7) is 28.7. The van der Waals surface area contributed by atoms with Crippen molar-refractivity contribution in [1.29, 1.82) is 0 Å². The van der Waals surface area contributed by atoms with Crippen molar-refractivity contribution in [1.82, 2.24) is 0 Å². The zero-order valence-corrected chi connectivity index (χ0v) is 41.2. The molecule has 0 spiro atoms. The Balaban J connectivity index is 1.90. The van der Waals surface area contributed by atoms with Crippen molar-refractivity contribution in [2.24, 2.45) is 0 Å². The van der Waals surface area contributed by atoms with E-state index in [1.165, 1.54) is 58.8 Å². The second-order valence-corrected chi connectivity index (χ2v) is 27.1. The molecule has 0 atom stereocenters. The van der Waals surface area contributed by atoms with E-state index in [-0.39, 0.29) is 21.7 Å². The van der Waals surface area contributed by atoms with Crippen LogP contribution in [0.2, 0.25) is 0 Å². The predicted molar refractivity (Wildman–Crippen MR) is 245 cm³/mol. The SMILES string of the molecule is CC(C)(C)c1cc2c(cc1C(C)(C)C)-c1cc(C(C)(C)C)c(C(C)(C)C)[c]([Zr]([C]3=CC=CC3)=[C](c3cc(CCl)cc(CCl)c3)c3cc(CCl)cc(CCl)c3)c1C2. The first-order chi connectivity index (χ1) is 26.1. The predicted octanol–water partition coefficient (Wildman–Crippen LogP) is 14.8. The van der Waals surface area contributed by atoms with E-state index in [1.807, 2.05) is 0 Å². The van der Waals surface area contributed by atoms with Gasteiger partial charge in [0.1, 0.15) is 0 Å². The molecule has 0 bridgehead atoms. The Morgan fingerprint density at radius 2 is 0.982 bits per heavy atom. The van der Waals surface area contributed by atoms with Crippen LogP contribution in [-0.4, -0.2) is 3.21 Å². The van der Waals surface area contributed by atoms with Crippen molar-refractivity contribution in [2.45, 2.75) is 141 Å². The van der Waals surface area contributed by atoms with E-state index in [2.05, 4.69) is 156 Å². The number of benzene rings is 4. The Bertz CT molecular complexity index is 2170. The van der Waals surface area contributed by atoms with Gasteiger partial charge in [0.25, 0.3) is 0 Å². The van der Waals surface area contributed by atoms with Crippen LogP contribution in [0.1, 0.15) is 156 Å². The first kappa shape index (κ1) is 43.8. The van der Waals surface area contributed by atoms with Crippen molar-refractivity contribution < 1.29 is 21.3 Å². The number of halogens is 4. The van der Waals surface area contributed by atoms with Gasteiger partial charge < -0.3 is 0 Å². The van der Waals surface area contributed by atoms with Crippen LogP contribution in [0, 0.1) is 0 Å². The van der Waals surface area contributed by atoms with Gasteiger partial charge in [-0.05, 0) is 0 Å². The van der Waals surface area contributed by atoms with Crippen LogP contribution in [-0.2, 0) is 72.9 Å². The molecular weight excluding hydrogens is 846 g/mol. The Labute approximate surface area is 366 Å². The van der Waals surface area contributed by atoms with E-state index >= 15 is 0 Å². The molecule has 296 valence electrons. The fraction of sp³-hybridized carbons (Fsp3) is 0.431. The van der Waals surface area contributed by atoms with Gasteiger partial charge in [0.05, 0.1) is 0 Å². The standard InChI is InChI=1S/C29H41.C17H14Cl4.C5H5.Zr/c1-26(2,3)22-14-18-13-19-15-23(27(4,5)6)25(29(10,11)12)17-21(19)20(18)16-24(22)28(7,8)9;18-8-14-2-12(3-15(6-14)9-19)1-13-4-16(10-20)7-17(5-13)11-21;1-2-4-5-3-1;/h14,16-17H,13H2,1-12H3;2-7H,8-11H2;1-3H,4H2;. The van der Waals surface area contributed by atoms with Crippen LogP contribution in [0.15, 0.2) is 76.1 Å². The summed E-state index contributed by atoms with van der Waals surface area (Å²) in [5.74, 6) is 1.69. The van der Waals surface area contributed by atoms with Gasteiger partial charge >= 0.3 is 369 Å². The van der Waals surface area contributed by atoms with Crippen molar-refractivity contribution in [3.8, 4) is 11.1 Å². The monoisotopic (exact) mass is 902 g/mol. The first-order valence-corrected chi connectivity index (χ1v) is 25.9. The van der Waals surface area contributed by atoms with Crippen molar-refractivity contribution in [3.63, 3.8) is 0 Å². The molecule has 0 nitrogen and oxygen atoms in total. The molecule has 0 aromatic heterocycles. The van der Waals surface area contributed by atoms with Gasteiger partial charge in [-0.1, -0.05) is 0 Å². The zero-order chi connectivity index (χ0) is 41.1. The maximum absolute atomic E-state index is 6.68. The molecule has 2 aliphatic rings. The Morgan fingerprint density at radius 3 is 1.38 bits per heavy atom. The molecule has 5 heteroatoms. The van der Waals surface area contributed by atoms with Crippen molar-refractivity contribution in [2.75, 3.05) is 0 Å². The first-order valence-electron chi connectivity index (χ1n) is 20.1. The van der Waals surface area contributed by atoms with Crippen LogP contribution in [0.3, 0.4) is 0 Å². The summed E-state index contributed by atoms with van der Waals surface area (Å²) in [6, 6.07) is 21.4. The fourth-order valence-corrected chi connectivity index (χ4v) is 18.5. The summed E-state index contributed by atoms with van der Waals surface area (Å²) in [4.78, 5) is 0. The molecule has 0 fully saturated rings. The van der Waals surface area contributed by atoms with Crippen LogP contribution in [0.5, 0.6) is 0 Å². The molecular formula is C51H60Cl4Zr. The molecule has 0 N–H and O–H groups in total. The molecule has 0 saturated heterocycles. The quantitative estimate of drug-likeness (QED) is 0.136. The van der Waals surface area contributed by atoms with Crippen LogP contribution >= 0.6 is 46.4 Å². The van der Waals surface area contributed by atoms with Gasteiger partial charge in [0.2, 0.25) is 0 Å². The third-order valence-corrected chi connectivity index (χ3v) is 20.4. The molecule has 0 amide bonds. The maximum atomic E-state index is 6.68. The van der Waals surface area contributed by atoms with Gasteiger partial charge in [-0.25, -0.2) is 0 Å². The zero-order valence-electron chi connectivity index (χ0n) is 35.7. The van der Waals surface area contributed by atoms with Crippen molar-refractivity contribution in [3.05, 3.63) is 143 Å². The van der Waals surface area contributed by atoms with E-state index in [0.29, 0.717) is 23.5 Å². The van der Waals surface area contributed by atoms with Gasteiger partial charge in [0.15, 0.2) is 0 Å². The van der Waals surface area contributed by atoms with Crippen LogP contribution in [0.4, 0.5) is 0 Å². The molecule has 4 aromatic carbocycles. The number of hydrogen-bond donors (Lipinski definition) is 0. The van der Waals surface area contributed by atoms with Gasteiger partial charge in [-0.2, -0.15) is 0 Å². The van der Waals surface area contributed by atoms with E-state index < -0.39 is 21.3 Å². The number of rotatable bonds is 8. The molecule has 56 heavy (non-hydrogen) atoms. The van der Waals surface area contributed by atoms with Gasteiger partial charge in [-0.15, -0.1) is 0 Å². The molecule has 0 radical (unpaired) electrons. The summed E-state index contributed by atoms with van der Waals surface area (Å²) >= 11 is 23.5. The molecule has 4 aromatic rings. The van der Waals surface area contributed by atoms with Crippen LogP contribution < -0.4 is 3.27 Å². The number of alkyl halides is 4. The Morgan fingerprint density at radius 1 is 0.536 bits per heavy atom. The minimum atomic E-state index is -3.23. The molecule has 0 saturated carbocycles. The average molecular weight is 906 g/mol. The van der Waals surface area contributed by atoms with Gasteiger partial charge in [0, 0.05) is 0 Å². The van der Waals surface area contributed by atoms with E-state index in [9.17, 15) is 0 Å². The Kier molecular flexibility index (Phi) is 12.8. The van der Waals surface area contributed by atoms with E-state index in [0.717, 1.165) is 35.1 Å². The normalized spacial score (nSPS) is 14.2. The topological polar surface area (TPSA) is 0 Å². The number of fused-ring (bicyclic) bond motifs is 3. The molecule has 2 aliphatic carbocycles. The van der Waals surface area contributed by atoms with Crippen molar-refractivity contribution >= 4 is 52.9 Å². The summed E-state index contributed by atoms with van der Waals surface area (Å²) < 4.78 is 4.65. The second-order valence-electron chi connectivity index (χ2n) is 20.1. The Hall–Kier alpha value is -1.73. The fourth-order valence-electron chi connectivity index (χ4n) is 8.92. The van der Waals surface area contributed by atoms with E-state index in [4.69, 9.17) is 46.4 Å². The minimum absolute atomic E-state index is 0.00473. The molecule has 0 heterocycles. The number of allylic oxidation sites excluding steroid dienone is 4.